The summed E-state index contributed by atoms with van der Waals surface area (Å²) in [4.78, 5) is 32.3. The lowest BCUT2D eigenvalue weighted by molar-refractivity contribution is -0.383. The van der Waals surface area contributed by atoms with Gasteiger partial charge in [-0.3, -0.25) is 19.7 Å². The third-order valence-electron chi connectivity index (χ3n) is 3.09. The van der Waals surface area contributed by atoms with E-state index in [1.807, 2.05) is 0 Å². The summed E-state index contributed by atoms with van der Waals surface area (Å²) in [5.41, 5.74) is 5.38. The molecule has 4 N–H and O–H groups in total. The number of nitrogens with zero attached hydrogens (tertiary/aromatic N) is 1. The number of carboxylic acids is 1. The maximum Gasteiger partial charge on any atom is 0.303 e. The van der Waals surface area contributed by atoms with Gasteiger partial charge in [-0.15, -0.1) is 0 Å². The predicted octanol–water partition coefficient (Wildman–Crippen LogP) is 1.94. The van der Waals surface area contributed by atoms with Crippen molar-refractivity contribution in [3.63, 3.8) is 0 Å². The van der Waals surface area contributed by atoms with Gasteiger partial charge in [-0.05, 0) is 25.0 Å². The molecule has 1 rings (SSSR count). The average molecular weight is 309 g/mol. The SMILES string of the molecule is Nc1ccc(C(=O)NCCCCCCC(=O)O)cc1[N+](=O)[O-]. The van der Waals surface area contributed by atoms with Crippen LogP contribution in [0, 0.1) is 10.1 Å². The Balaban J connectivity index is 2.35. The van der Waals surface area contributed by atoms with Gasteiger partial charge >= 0.3 is 5.97 Å². The average Bonchev–Trinajstić information content (AvgIpc) is 2.45. The highest BCUT2D eigenvalue weighted by atomic mass is 16.6. The number of amides is 1. The van der Waals surface area contributed by atoms with Gasteiger partial charge in [0.05, 0.1) is 4.92 Å². The zero-order chi connectivity index (χ0) is 16.5. The number of hydrogen-bond acceptors (Lipinski definition) is 5. The molecule has 0 aliphatic rings. The molecule has 8 nitrogen and oxygen atoms in total. The van der Waals surface area contributed by atoms with E-state index in [0.717, 1.165) is 25.3 Å². The molecule has 0 radical (unpaired) electrons. The number of rotatable bonds is 9. The number of unbranched alkanes of at least 4 members (excludes halogenated alkanes) is 3. The molecule has 0 heterocycles. The van der Waals surface area contributed by atoms with Gasteiger partial charge in [-0.1, -0.05) is 12.8 Å². The van der Waals surface area contributed by atoms with Crippen LogP contribution >= 0.6 is 0 Å². The maximum absolute atomic E-state index is 11.9. The van der Waals surface area contributed by atoms with Gasteiger partial charge in [0.2, 0.25) is 0 Å². The summed E-state index contributed by atoms with van der Waals surface area (Å²) < 4.78 is 0. The van der Waals surface area contributed by atoms with Crippen molar-refractivity contribution in [2.45, 2.75) is 32.1 Å². The Morgan fingerprint density at radius 2 is 1.91 bits per heavy atom. The molecule has 0 saturated carbocycles. The first-order chi connectivity index (χ1) is 10.4. The van der Waals surface area contributed by atoms with Gasteiger partial charge in [0, 0.05) is 24.6 Å². The Kier molecular flexibility index (Phi) is 6.81. The summed E-state index contributed by atoms with van der Waals surface area (Å²) >= 11 is 0. The van der Waals surface area contributed by atoms with Crippen molar-refractivity contribution < 1.29 is 19.6 Å². The number of carbonyl (C=O) groups excluding carboxylic acids is 1. The molecule has 0 bridgehead atoms. The predicted molar refractivity (Wildman–Crippen MR) is 80.6 cm³/mol. The molecule has 0 saturated heterocycles. The van der Waals surface area contributed by atoms with E-state index in [0.29, 0.717) is 13.0 Å². The second-order valence-electron chi connectivity index (χ2n) is 4.84. The topological polar surface area (TPSA) is 136 Å². The fourth-order valence-electron chi connectivity index (χ4n) is 1.90. The van der Waals surface area contributed by atoms with Crippen LogP contribution in [0.4, 0.5) is 11.4 Å². The summed E-state index contributed by atoms with van der Waals surface area (Å²) in [6, 6.07) is 3.92. The van der Waals surface area contributed by atoms with Crippen molar-refractivity contribution in [3.8, 4) is 0 Å². The Labute approximate surface area is 127 Å². The second kappa shape index (κ2) is 8.60. The molecular weight excluding hydrogens is 290 g/mol. The van der Waals surface area contributed by atoms with E-state index < -0.39 is 16.8 Å². The van der Waals surface area contributed by atoms with E-state index in [-0.39, 0.29) is 23.4 Å². The highest BCUT2D eigenvalue weighted by Crippen LogP contribution is 2.22. The number of anilines is 1. The lowest BCUT2D eigenvalue weighted by atomic mass is 10.1. The molecule has 0 unspecified atom stereocenters. The Hall–Kier alpha value is -2.64. The highest BCUT2D eigenvalue weighted by Gasteiger charge is 2.15. The quantitative estimate of drug-likeness (QED) is 0.276. The fourth-order valence-corrected chi connectivity index (χ4v) is 1.90. The zero-order valence-corrected chi connectivity index (χ0v) is 12.1. The minimum Gasteiger partial charge on any atom is -0.481 e. The number of nitrogens with one attached hydrogen (secondary N) is 1. The van der Waals surface area contributed by atoms with Gasteiger partial charge in [0.1, 0.15) is 5.69 Å². The molecule has 0 aliphatic carbocycles. The number of carbonyl (C=O) groups is 2. The number of carboxylic acid groups (broad SMARTS) is 1. The minimum atomic E-state index is -0.807. The lowest BCUT2D eigenvalue weighted by Crippen LogP contribution is -2.24. The molecule has 1 amide bonds. The molecule has 0 spiro atoms. The van der Waals surface area contributed by atoms with E-state index in [9.17, 15) is 19.7 Å². The maximum atomic E-state index is 11.9. The molecule has 8 heteroatoms. The van der Waals surface area contributed by atoms with Crippen LogP contribution in [0.5, 0.6) is 0 Å². The van der Waals surface area contributed by atoms with Crippen molar-refractivity contribution in [1.82, 2.24) is 5.32 Å². The third kappa shape index (κ3) is 5.78. The number of nitro benzene ring substituents is 1. The van der Waals surface area contributed by atoms with Crippen LogP contribution < -0.4 is 11.1 Å². The number of nitro groups is 1. The summed E-state index contributed by atoms with van der Waals surface area (Å²) in [6.45, 7) is 0.435. The first kappa shape index (κ1) is 17.4. The fraction of sp³-hybridized carbons (Fsp3) is 0.429. The third-order valence-corrected chi connectivity index (χ3v) is 3.09. The number of nitrogens with two attached hydrogens (primary N) is 1. The molecule has 1 aromatic carbocycles. The number of benzene rings is 1. The van der Waals surface area contributed by atoms with Gasteiger partial charge in [0.25, 0.3) is 11.6 Å². The molecule has 120 valence electrons. The van der Waals surface area contributed by atoms with E-state index in [4.69, 9.17) is 10.8 Å². The first-order valence-corrected chi connectivity index (χ1v) is 6.95. The monoisotopic (exact) mass is 309 g/mol. The van der Waals surface area contributed by atoms with Crippen LogP contribution in [-0.4, -0.2) is 28.5 Å². The van der Waals surface area contributed by atoms with Crippen LogP contribution in [0.3, 0.4) is 0 Å². The number of hydrogen-bond donors (Lipinski definition) is 3. The standard InChI is InChI=1S/C14H19N3O5/c15-11-7-6-10(9-12(11)17(21)22)14(20)16-8-4-2-1-3-5-13(18)19/h6-7,9H,1-5,8,15H2,(H,16,20)(H,18,19). The van der Waals surface area contributed by atoms with Crippen molar-refractivity contribution in [1.29, 1.82) is 0 Å². The van der Waals surface area contributed by atoms with E-state index in [1.165, 1.54) is 12.1 Å². The molecule has 0 aliphatic heterocycles. The summed E-state index contributed by atoms with van der Waals surface area (Å²) in [5, 5.41) is 21.9. The smallest absolute Gasteiger partial charge is 0.303 e. The second-order valence-corrected chi connectivity index (χ2v) is 4.84. The normalized spacial score (nSPS) is 10.2. The van der Waals surface area contributed by atoms with Crippen LogP contribution in [0.15, 0.2) is 18.2 Å². The summed E-state index contributed by atoms with van der Waals surface area (Å²) in [7, 11) is 0. The van der Waals surface area contributed by atoms with Crippen LogP contribution in [0.1, 0.15) is 42.5 Å². The Morgan fingerprint density at radius 3 is 2.55 bits per heavy atom. The Bertz CT molecular complexity index is 559. The van der Waals surface area contributed by atoms with Gasteiger partial charge in [0.15, 0.2) is 0 Å². The van der Waals surface area contributed by atoms with Gasteiger partial charge in [-0.2, -0.15) is 0 Å². The first-order valence-electron chi connectivity index (χ1n) is 6.95. The van der Waals surface area contributed by atoms with Gasteiger partial charge in [-0.25, -0.2) is 0 Å². The molecule has 0 aromatic heterocycles. The van der Waals surface area contributed by atoms with E-state index in [1.54, 1.807) is 0 Å². The van der Waals surface area contributed by atoms with E-state index in [2.05, 4.69) is 5.32 Å². The molecular formula is C14H19N3O5. The Morgan fingerprint density at radius 1 is 1.23 bits per heavy atom. The minimum absolute atomic E-state index is 0.0139. The van der Waals surface area contributed by atoms with Crippen LogP contribution in [0.2, 0.25) is 0 Å². The van der Waals surface area contributed by atoms with Crippen molar-refractivity contribution in [2.24, 2.45) is 0 Å². The van der Waals surface area contributed by atoms with Gasteiger partial charge < -0.3 is 16.2 Å². The van der Waals surface area contributed by atoms with Crippen molar-refractivity contribution >= 4 is 23.3 Å². The zero-order valence-electron chi connectivity index (χ0n) is 12.1. The molecule has 22 heavy (non-hydrogen) atoms. The largest absolute Gasteiger partial charge is 0.481 e. The lowest BCUT2D eigenvalue weighted by Gasteiger charge is -2.06. The molecule has 0 fully saturated rings. The molecule has 0 atom stereocenters. The summed E-state index contributed by atoms with van der Waals surface area (Å²) in [6.07, 6.45) is 3.10. The molecule has 1 aromatic rings. The highest BCUT2D eigenvalue weighted by molar-refractivity contribution is 5.95. The van der Waals surface area contributed by atoms with Crippen LogP contribution in [0.25, 0.3) is 0 Å². The summed E-state index contributed by atoms with van der Waals surface area (Å²) in [5.74, 6) is -1.20. The number of nitrogen functional groups attached to an aromatic ring is 1. The van der Waals surface area contributed by atoms with Crippen molar-refractivity contribution in [2.75, 3.05) is 12.3 Å². The van der Waals surface area contributed by atoms with E-state index >= 15 is 0 Å². The van der Waals surface area contributed by atoms with Crippen LogP contribution in [-0.2, 0) is 4.79 Å². The number of aliphatic carboxylic acids is 1. The van der Waals surface area contributed by atoms with Crippen molar-refractivity contribution in [3.05, 3.63) is 33.9 Å².